The minimum Gasteiger partial charge on any atom is -0.507 e. The summed E-state index contributed by atoms with van der Waals surface area (Å²) in [6, 6.07) is 5.40. The van der Waals surface area contributed by atoms with Crippen LogP contribution >= 0.6 is 0 Å². The van der Waals surface area contributed by atoms with E-state index in [4.69, 9.17) is 10.5 Å². The van der Waals surface area contributed by atoms with E-state index in [2.05, 4.69) is 11.6 Å². The van der Waals surface area contributed by atoms with Gasteiger partial charge in [0, 0.05) is 45.3 Å². The highest BCUT2D eigenvalue weighted by Gasteiger charge is 2.32. The number of carbonyl (C=O) groups is 1. The van der Waals surface area contributed by atoms with Gasteiger partial charge in [-0.1, -0.05) is 18.7 Å². The average molecular weight is 470 g/mol. The van der Waals surface area contributed by atoms with Gasteiger partial charge < -0.3 is 25.6 Å². The third kappa shape index (κ3) is 5.68. The van der Waals surface area contributed by atoms with Crippen molar-refractivity contribution in [1.29, 1.82) is 0 Å². The summed E-state index contributed by atoms with van der Waals surface area (Å²) >= 11 is 0. The molecule has 0 radical (unpaired) electrons. The van der Waals surface area contributed by atoms with E-state index in [0.29, 0.717) is 24.5 Å². The standard InChI is InChI=1S/C26H32FN3O4/c1-15(17-9-10-17)23(18-7-6-8-22(16(18)2)34-26(3,4)27)24-20(28)13-21(31)19(25(32)33)14-29-11-12-30(24)5/h6-8,13-14,17,31H,1,9-12,28H2,2-5H3,(H,32,33)/b20-13-,21-19-,24-23+,29-14?. The van der Waals surface area contributed by atoms with Gasteiger partial charge in [-0.05, 0) is 48.4 Å². The number of ether oxygens (including phenoxy) is 1. The summed E-state index contributed by atoms with van der Waals surface area (Å²) in [4.78, 5) is 17.6. The van der Waals surface area contributed by atoms with Crippen molar-refractivity contribution in [3.8, 4) is 5.75 Å². The molecule has 1 heterocycles. The lowest BCUT2D eigenvalue weighted by molar-refractivity contribution is -0.132. The zero-order valence-electron chi connectivity index (χ0n) is 20.1. The van der Waals surface area contributed by atoms with Crippen LogP contribution < -0.4 is 10.5 Å². The van der Waals surface area contributed by atoms with Gasteiger partial charge in [-0.3, -0.25) is 4.99 Å². The summed E-state index contributed by atoms with van der Waals surface area (Å²) in [5.41, 5.74) is 10.1. The first-order valence-corrected chi connectivity index (χ1v) is 11.2. The Bertz CT molecular complexity index is 1120. The van der Waals surface area contributed by atoms with E-state index < -0.39 is 17.6 Å². The minimum absolute atomic E-state index is 0.183. The molecule has 0 bridgehead atoms. The van der Waals surface area contributed by atoms with Crippen molar-refractivity contribution in [3.63, 3.8) is 0 Å². The molecule has 1 aromatic carbocycles. The highest BCUT2D eigenvalue weighted by Crippen LogP contribution is 2.46. The fraction of sp³-hybridized carbons (Fsp3) is 0.385. The number of nitrogens with two attached hydrogens (primary N) is 1. The number of alkyl halides is 1. The number of allylic oxidation sites excluding steroid dienone is 3. The van der Waals surface area contributed by atoms with Gasteiger partial charge in [0.05, 0.1) is 17.9 Å². The van der Waals surface area contributed by atoms with Crippen molar-refractivity contribution in [2.75, 3.05) is 20.1 Å². The summed E-state index contributed by atoms with van der Waals surface area (Å²) in [5.74, 6) is -2.99. The molecule has 1 aliphatic carbocycles. The number of aliphatic carboxylic acids is 1. The van der Waals surface area contributed by atoms with E-state index in [1.54, 1.807) is 12.1 Å². The Hall–Kier alpha value is -3.55. The topological polar surface area (TPSA) is 108 Å². The smallest absolute Gasteiger partial charge is 0.341 e. The second-order valence-electron chi connectivity index (χ2n) is 9.08. The minimum atomic E-state index is -1.86. The Kier molecular flexibility index (Phi) is 7.19. The molecule has 1 fully saturated rings. The van der Waals surface area contributed by atoms with Crippen molar-refractivity contribution in [1.82, 2.24) is 4.90 Å². The molecule has 8 heteroatoms. The molecule has 182 valence electrons. The lowest BCUT2D eigenvalue weighted by atomic mass is 9.89. The first-order chi connectivity index (χ1) is 15.9. The number of carboxylic acid groups (broad SMARTS) is 1. The normalized spacial score (nSPS) is 22.6. The molecule has 0 unspecified atom stereocenters. The fourth-order valence-corrected chi connectivity index (χ4v) is 3.90. The molecule has 0 aromatic heterocycles. The van der Waals surface area contributed by atoms with Gasteiger partial charge in [0.2, 0.25) is 5.85 Å². The van der Waals surface area contributed by atoms with Crippen LogP contribution in [0.5, 0.6) is 5.75 Å². The molecule has 0 amide bonds. The molecule has 4 N–H and O–H groups in total. The monoisotopic (exact) mass is 469 g/mol. The number of benzene rings is 1. The van der Waals surface area contributed by atoms with E-state index in [1.807, 2.05) is 24.9 Å². The van der Waals surface area contributed by atoms with Crippen LogP contribution in [0.15, 0.2) is 64.1 Å². The second kappa shape index (κ2) is 9.75. The fourth-order valence-electron chi connectivity index (χ4n) is 3.90. The van der Waals surface area contributed by atoms with Crippen molar-refractivity contribution >= 4 is 17.8 Å². The maximum atomic E-state index is 14.3. The Balaban J connectivity index is 2.30. The number of aliphatic hydroxyl groups is 1. The number of halogens is 1. The predicted molar refractivity (Wildman–Crippen MR) is 131 cm³/mol. The van der Waals surface area contributed by atoms with Gasteiger partial charge in [0.15, 0.2) is 0 Å². The summed E-state index contributed by atoms with van der Waals surface area (Å²) in [5, 5.41) is 19.9. The van der Waals surface area contributed by atoms with Crippen LogP contribution in [0.3, 0.4) is 0 Å². The van der Waals surface area contributed by atoms with Crippen molar-refractivity contribution in [3.05, 3.63) is 70.3 Å². The largest absolute Gasteiger partial charge is 0.507 e. The molecule has 0 atom stereocenters. The SMILES string of the molecule is C=C(/C(=C1/C(N)=C/C(O)=C(/C(=O)O)C=NCCN1C)c1cccc(OC(C)(C)F)c1C)C1CC1. The third-order valence-electron chi connectivity index (χ3n) is 5.77. The number of hydrogen-bond acceptors (Lipinski definition) is 6. The molecule has 1 aromatic rings. The van der Waals surface area contributed by atoms with Gasteiger partial charge in [-0.15, -0.1) is 0 Å². The van der Waals surface area contributed by atoms with Crippen LogP contribution in [0.1, 0.15) is 37.8 Å². The summed E-state index contributed by atoms with van der Waals surface area (Å²) < 4.78 is 19.9. The van der Waals surface area contributed by atoms with Crippen LogP contribution in [0.25, 0.3) is 5.57 Å². The zero-order valence-corrected chi connectivity index (χ0v) is 20.1. The summed E-state index contributed by atoms with van der Waals surface area (Å²) in [6.07, 6.45) is 4.35. The molecule has 3 rings (SSSR count). The van der Waals surface area contributed by atoms with Gasteiger partial charge >= 0.3 is 5.97 Å². The number of aliphatic imine (C=N–C) groups is 1. The molecule has 0 saturated heterocycles. The van der Waals surface area contributed by atoms with Crippen LogP contribution in [0, 0.1) is 12.8 Å². The van der Waals surface area contributed by atoms with Crippen LogP contribution in [0.4, 0.5) is 4.39 Å². The molecule has 1 saturated carbocycles. The maximum absolute atomic E-state index is 14.3. The van der Waals surface area contributed by atoms with Gasteiger partial charge in [-0.25, -0.2) is 4.79 Å². The first-order valence-electron chi connectivity index (χ1n) is 11.2. The highest BCUT2D eigenvalue weighted by atomic mass is 19.2. The number of likely N-dealkylation sites (N-methyl/N-ethyl adjacent to an activating group) is 1. The lowest BCUT2D eigenvalue weighted by Crippen LogP contribution is -2.27. The van der Waals surface area contributed by atoms with Crippen LogP contribution in [-0.2, 0) is 4.79 Å². The van der Waals surface area contributed by atoms with Gasteiger partial charge in [0.1, 0.15) is 17.1 Å². The molecule has 7 nitrogen and oxygen atoms in total. The number of rotatable bonds is 6. The van der Waals surface area contributed by atoms with Gasteiger partial charge in [0.25, 0.3) is 0 Å². The highest BCUT2D eigenvalue weighted by molar-refractivity contribution is 6.09. The number of nitrogens with zero attached hydrogens (tertiary/aromatic N) is 2. The third-order valence-corrected chi connectivity index (χ3v) is 5.77. The summed E-state index contributed by atoms with van der Waals surface area (Å²) in [6.45, 7) is 9.63. The second-order valence-corrected chi connectivity index (χ2v) is 9.08. The van der Waals surface area contributed by atoms with E-state index in [-0.39, 0.29) is 17.2 Å². The maximum Gasteiger partial charge on any atom is 0.341 e. The number of carboxylic acids is 1. The van der Waals surface area contributed by atoms with E-state index in [1.165, 1.54) is 19.9 Å². The average Bonchev–Trinajstić information content (AvgIpc) is 3.56. The van der Waals surface area contributed by atoms with Gasteiger partial charge in [-0.2, -0.15) is 4.39 Å². The van der Waals surface area contributed by atoms with E-state index in [0.717, 1.165) is 41.3 Å². The molecule has 1 aliphatic heterocycles. The molecule has 34 heavy (non-hydrogen) atoms. The van der Waals surface area contributed by atoms with E-state index >= 15 is 0 Å². The Morgan fingerprint density at radius 1 is 1.35 bits per heavy atom. The van der Waals surface area contributed by atoms with Crippen molar-refractivity contribution < 1.29 is 24.1 Å². The first kappa shape index (κ1) is 25.1. The lowest BCUT2D eigenvalue weighted by Gasteiger charge is -2.29. The molecule has 0 spiro atoms. The van der Waals surface area contributed by atoms with Crippen LogP contribution in [0.2, 0.25) is 0 Å². The Morgan fingerprint density at radius 3 is 2.62 bits per heavy atom. The zero-order chi connectivity index (χ0) is 25.2. The molecular formula is C26H32FN3O4. The number of hydrogen-bond donors (Lipinski definition) is 3. The predicted octanol–water partition coefficient (Wildman–Crippen LogP) is 4.51. The number of aliphatic hydroxyl groups excluding tert-OH is 1. The van der Waals surface area contributed by atoms with E-state index in [9.17, 15) is 19.4 Å². The quantitative estimate of drug-likeness (QED) is 0.566. The molecule has 2 aliphatic rings. The Morgan fingerprint density at radius 2 is 2.03 bits per heavy atom. The summed E-state index contributed by atoms with van der Waals surface area (Å²) in [7, 11) is 1.85. The molecular weight excluding hydrogens is 437 g/mol. The van der Waals surface area contributed by atoms with Crippen molar-refractivity contribution in [2.24, 2.45) is 16.6 Å². The Labute approximate surface area is 199 Å². The van der Waals surface area contributed by atoms with Crippen LogP contribution in [-0.4, -0.2) is 53.3 Å². The van der Waals surface area contributed by atoms with Crippen molar-refractivity contribution in [2.45, 2.75) is 39.5 Å².